The molecule has 3 nitrogen and oxygen atoms in total. The van der Waals surface area contributed by atoms with Gasteiger partial charge in [-0.3, -0.25) is 9.48 Å². The minimum atomic E-state index is -0.703. The maximum Gasteiger partial charge on any atom is 0.189 e. The number of hydrogen-bond donors (Lipinski definition) is 0. The zero-order chi connectivity index (χ0) is 13.1. The summed E-state index contributed by atoms with van der Waals surface area (Å²) in [6.07, 6.45) is 5.17. The van der Waals surface area contributed by atoms with Crippen molar-refractivity contribution in [2.75, 3.05) is 0 Å². The molecule has 18 heavy (non-hydrogen) atoms. The molecule has 0 saturated heterocycles. The lowest BCUT2D eigenvalue weighted by Gasteiger charge is -1.97. The van der Waals surface area contributed by atoms with Crippen molar-refractivity contribution in [1.29, 1.82) is 0 Å². The van der Waals surface area contributed by atoms with E-state index >= 15 is 0 Å². The molecule has 5 heteroatoms. The number of aromatic nitrogens is 2. The van der Waals surface area contributed by atoms with E-state index in [0.717, 1.165) is 24.3 Å². The van der Waals surface area contributed by atoms with Crippen molar-refractivity contribution in [3.05, 3.63) is 59.4 Å². The Labute approximate surface area is 102 Å². The molecule has 0 unspecified atom stereocenters. The van der Waals surface area contributed by atoms with Crippen LogP contribution < -0.4 is 0 Å². The van der Waals surface area contributed by atoms with Gasteiger partial charge < -0.3 is 0 Å². The first kappa shape index (κ1) is 12.2. The van der Waals surface area contributed by atoms with Gasteiger partial charge in [-0.05, 0) is 24.3 Å². The Hall–Kier alpha value is -2.30. The molecular formula is C13H10F2N2O. The number of aryl methyl sites for hydroxylation is 1. The molecule has 2 aromatic rings. The van der Waals surface area contributed by atoms with Crippen LogP contribution in [0.3, 0.4) is 0 Å². The van der Waals surface area contributed by atoms with Gasteiger partial charge in [0.05, 0.1) is 11.8 Å². The molecule has 0 amide bonds. The summed E-state index contributed by atoms with van der Waals surface area (Å²) in [7, 11) is 1.68. The molecule has 0 bridgehead atoms. The van der Waals surface area contributed by atoms with E-state index in [0.29, 0.717) is 5.56 Å². The molecule has 0 fully saturated rings. The van der Waals surface area contributed by atoms with Crippen LogP contribution in [0.2, 0.25) is 0 Å². The van der Waals surface area contributed by atoms with Gasteiger partial charge in [-0.25, -0.2) is 8.78 Å². The molecular weight excluding hydrogens is 238 g/mol. The minimum Gasteiger partial charge on any atom is -0.289 e. The Morgan fingerprint density at radius 3 is 2.56 bits per heavy atom. The molecule has 1 heterocycles. The summed E-state index contributed by atoms with van der Waals surface area (Å²) in [5, 5.41) is 3.84. The summed E-state index contributed by atoms with van der Waals surface area (Å²) in [6.45, 7) is 0. The van der Waals surface area contributed by atoms with Crippen molar-refractivity contribution >= 4 is 11.9 Å². The Balaban J connectivity index is 2.24. The predicted octanol–water partition coefficient (Wildman–Crippen LogP) is 2.59. The molecule has 0 N–H and O–H groups in total. The highest BCUT2D eigenvalue weighted by Crippen LogP contribution is 2.14. The fourth-order valence-electron chi connectivity index (χ4n) is 1.47. The smallest absolute Gasteiger partial charge is 0.189 e. The minimum absolute atomic E-state index is 0.227. The molecule has 0 saturated carbocycles. The van der Waals surface area contributed by atoms with E-state index in [-0.39, 0.29) is 11.3 Å². The third-order valence-electron chi connectivity index (χ3n) is 2.39. The van der Waals surface area contributed by atoms with E-state index in [1.807, 2.05) is 0 Å². The predicted molar refractivity (Wildman–Crippen MR) is 62.9 cm³/mol. The highest BCUT2D eigenvalue weighted by atomic mass is 19.1. The first-order chi connectivity index (χ1) is 8.58. The van der Waals surface area contributed by atoms with Crippen molar-refractivity contribution in [3.8, 4) is 0 Å². The Kier molecular flexibility index (Phi) is 3.32. The van der Waals surface area contributed by atoms with Crippen LogP contribution in [-0.4, -0.2) is 15.6 Å². The summed E-state index contributed by atoms with van der Waals surface area (Å²) in [4.78, 5) is 11.7. The average molecular weight is 248 g/mol. The van der Waals surface area contributed by atoms with E-state index < -0.39 is 11.6 Å². The second-order valence-electron chi connectivity index (χ2n) is 3.74. The maximum atomic E-state index is 13.3. The molecule has 0 aliphatic carbocycles. The molecule has 1 aromatic heterocycles. The van der Waals surface area contributed by atoms with Gasteiger partial charge in [-0.2, -0.15) is 5.10 Å². The molecule has 0 aliphatic rings. The summed E-state index contributed by atoms with van der Waals surface area (Å²) < 4.78 is 28.1. The molecule has 0 atom stereocenters. The third kappa shape index (κ3) is 2.51. The molecule has 1 aromatic carbocycles. The van der Waals surface area contributed by atoms with E-state index in [9.17, 15) is 13.6 Å². The van der Waals surface area contributed by atoms with Crippen LogP contribution in [0, 0.1) is 11.6 Å². The lowest BCUT2D eigenvalue weighted by molar-refractivity contribution is 0.104. The first-order valence-electron chi connectivity index (χ1n) is 5.23. The molecule has 0 aliphatic heterocycles. The number of benzene rings is 1. The highest BCUT2D eigenvalue weighted by molar-refractivity contribution is 6.06. The zero-order valence-electron chi connectivity index (χ0n) is 9.60. The number of ketones is 1. The Morgan fingerprint density at radius 2 is 2.00 bits per heavy atom. The fourth-order valence-corrected chi connectivity index (χ4v) is 1.47. The van der Waals surface area contributed by atoms with Gasteiger partial charge in [0.25, 0.3) is 0 Å². The monoisotopic (exact) mass is 248 g/mol. The van der Waals surface area contributed by atoms with Crippen molar-refractivity contribution in [2.45, 2.75) is 0 Å². The second-order valence-corrected chi connectivity index (χ2v) is 3.74. The van der Waals surface area contributed by atoms with Gasteiger partial charge in [0, 0.05) is 18.8 Å². The average Bonchev–Trinajstić information content (AvgIpc) is 2.75. The Morgan fingerprint density at radius 1 is 1.33 bits per heavy atom. The van der Waals surface area contributed by atoms with Crippen LogP contribution in [0.15, 0.2) is 36.7 Å². The van der Waals surface area contributed by atoms with E-state index in [2.05, 4.69) is 5.10 Å². The van der Waals surface area contributed by atoms with Crippen LogP contribution in [0.5, 0.6) is 0 Å². The van der Waals surface area contributed by atoms with E-state index in [1.54, 1.807) is 7.05 Å². The molecule has 0 radical (unpaired) electrons. The van der Waals surface area contributed by atoms with Gasteiger partial charge >= 0.3 is 0 Å². The number of carbonyl (C=O) groups is 1. The zero-order valence-corrected chi connectivity index (χ0v) is 9.60. The van der Waals surface area contributed by atoms with Crippen LogP contribution in [-0.2, 0) is 7.05 Å². The fraction of sp³-hybridized carbons (Fsp3) is 0.0769. The quantitative estimate of drug-likeness (QED) is 0.618. The van der Waals surface area contributed by atoms with Crippen molar-refractivity contribution in [1.82, 2.24) is 9.78 Å². The summed E-state index contributed by atoms with van der Waals surface area (Å²) in [6, 6.07) is 3.54. The number of nitrogens with zero attached hydrogens (tertiary/aromatic N) is 2. The summed E-state index contributed by atoms with van der Waals surface area (Å²) in [5.74, 6) is -1.76. The van der Waals surface area contributed by atoms with Crippen molar-refractivity contribution in [3.63, 3.8) is 0 Å². The number of allylic oxidation sites excluding steroid dienone is 1. The van der Waals surface area contributed by atoms with E-state index in [4.69, 9.17) is 0 Å². The van der Waals surface area contributed by atoms with Gasteiger partial charge in [-0.15, -0.1) is 0 Å². The number of rotatable bonds is 3. The lowest BCUT2D eigenvalue weighted by atomic mass is 10.1. The van der Waals surface area contributed by atoms with Gasteiger partial charge in [0.1, 0.15) is 11.6 Å². The number of carbonyl (C=O) groups excluding carboxylic acids is 1. The van der Waals surface area contributed by atoms with Gasteiger partial charge in [-0.1, -0.05) is 6.07 Å². The molecule has 92 valence electrons. The SMILES string of the molecule is Cn1cc(C(=O)/C=C/c2c(F)cccc2F)cn1. The number of hydrogen-bond acceptors (Lipinski definition) is 2. The first-order valence-corrected chi connectivity index (χ1v) is 5.23. The topological polar surface area (TPSA) is 34.9 Å². The van der Waals surface area contributed by atoms with Gasteiger partial charge in [0.15, 0.2) is 5.78 Å². The highest BCUT2D eigenvalue weighted by Gasteiger charge is 2.07. The van der Waals surface area contributed by atoms with Gasteiger partial charge in [0.2, 0.25) is 0 Å². The lowest BCUT2D eigenvalue weighted by Crippen LogP contribution is -1.93. The standard InChI is InChI=1S/C13H10F2N2O/c1-17-8-9(7-16-17)13(18)6-5-10-11(14)3-2-4-12(10)15/h2-8H,1H3/b6-5+. The van der Waals surface area contributed by atoms with Crippen LogP contribution in [0.4, 0.5) is 8.78 Å². The molecule has 0 spiro atoms. The summed E-state index contributed by atoms with van der Waals surface area (Å²) in [5.41, 5.74) is 0.139. The van der Waals surface area contributed by atoms with E-state index in [1.165, 1.54) is 23.1 Å². The Bertz CT molecular complexity index is 597. The number of halogens is 2. The van der Waals surface area contributed by atoms with Crippen molar-refractivity contribution in [2.24, 2.45) is 7.05 Å². The largest absolute Gasteiger partial charge is 0.289 e. The van der Waals surface area contributed by atoms with Crippen molar-refractivity contribution < 1.29 is 13.6 Å². The van der Waals surface area contributed by atoms with Crippen LogP contribution in [0.25, 0.3) is 6.08 Å². The molecule has 2 rings (SSSR count). The normalized spacial score (nSPS) is 11.1. The van der Waals surface area contributed by atoms with Crippen LogP contribution >= 0.6 is 0 Å². The summed E-state index contributed by atoms with van der Waals surface area (Å²) >= 11 is 0. The maximum absolute atomic E-state index is 13.3. The third-order valence-corrected chi connectivity index (χ3v) is 2.39. The van der Waals surface area contributed by atoms with Crippen LogP contribution in [0.1, 0.15) is 15.9 Å². The second kappa shape index (κ2) is 4.91.